The Bertz CT molecular complexity index is 898. The van der Waals surface area contributed by atoms with Crippen molar-refractivity contribution in [1.29, 1.82) is 0 Å². The molecule has 0 aliphatic carbocycles. The van der Waals surface area contributed by atoms with Gasteiger partial charge in [-0.05, 0) is 12.1 Å². The number of nitrogens with zero attached hydrogens (tertiary/aromatic N) is 4. The minimum absolute atomic E-state index is 0.0349. The highest BCUT2D eigenvalue weighted by Gasteiger charge is 2.25. The van der Waals surface area contributed by atoms with Crippen molar-refractivity contribution in [3.05, 3.63) is 23.8 Å². The molecule has 9 heteroatoms. The molecule has 1 fully saturated rings. The van der Waals surface area contributed by atoms with Gasteiger partial charge in [0.05, 0.1) is 5.71 Å². The van der Waals surface area contributed by atoms with Crippen LogP contribution < -0.4 is 10.3 Å². The lowest BCUT2D eigenvalue weighted by Gasteiger charge is -2.31. The van der Waals surface area contributed by atoms with Crippen LogP contribution in [0.2, 0.25) is 0 Å². The number of nitrogens with one attached hydrogen (secondary N) is 1. The quantitative estimate of drug-likeness (QED) is 0.842. The van der Waals surface area contributed by atoms with E-state index in [1.807, 2.05) is 30.0 Å². The van der Waals surface area contributed by atoms with Gasteiger partial charge in [-0.2, -0.15) is 10.1 Å². The number of aromatic nitrogens is 1. The lowest BCUT2D eigenvalue weighted by atomic mass is 9.94. The molecule has 0 bridgehead atoms. The number of carboxylic acid groups (broad SMARTS) is 1. The Balaban J connectivity index is 1.57. The molecule has 2 N–H and O–H groups in total. The number of piperazine rings is 1. The first kappa shape index (κ1) is 16.4. The van der Waals surface area contributed by atoms with Crippen LogP contribution in [-0.4, -0.2) is 58.9 Å². The van der Waals surface area contributed by atoms with Gasteiger partial charge in [-0.3, -0.25) is 4.79 Å². The number of benzene rings is 1. The first-order valence-corrected chi connectivity index (χ1v) is 8.51. The summed E-state index contributed by atoms with van der Waals surface area (Å²) in [5.41, 5.74) is 5.61. The minimum Gasteiger partial charge on any atom is -0.465 e. The zero-order valence-electron chi connectivity index (χ0n) is 14.3. The normalized spacial score (nSPS) is 20.9. The van der Waals surface area contributed by atoms with Gasteiger partial charge in [0.25, 0.3) is 6.01 Å². The predicted molar refractivity (Wildman–Crippen MR) is 94.3 cm³/mol. The van der Waals surface area contributed by atoms with Gasteiger partial charge in [0.1, 0.15) is 5.52 Å². The topological polar surface area (TPSA) is 111 Å². The molecule has 26 heavy (non-hydrogen) atoms. The van der Waals surface area contributed by atoms with Crippen molar-refractivity contribution in [2.75, 3.05) is 31.1 Å². The van der Waals surface area contributed by atoms with Crippen LogP contribution in [-0.2, 0) is 4.79 Å². The molecule has 2 aliphatic heterocycles. The fourth-order valence-corrected chi connectivity index (χ4v) is 3.30. The largest absolute Gasteiger partial charge is 0.465 e. The highest BCUT2D eigenvalue weighted by atomic mass is 16.4. The van der Waals surface area contributed by atoms with Crippen molar-refractivity contribution in [3.63, 3.8) is 0 Å². The average molecular weight is 357 g/mol. The monoisotopic (exact) mass is 357 g/mol. The second kappa shape index (κ2) is 6.32. The van der Waals surface area contributed by atoms with Gasteiger partial charge in [-0.1, -0.05) is 13.0 Å². The van der Waals surface area contributed by atoms with E-state index < -0.39 is 6.09 Å². The summed E-state index contributed by atoms with van der Waals surface area (Å²) in [7, 11) is 0. The summed E-state index contributed by atoms with van der Waals surface area (Å²) < 4.78 is 5.90. The van der Waals surface area contributed by atoms with E-state index in [9.17, 15) is 9.59 Å². The molecule has 1 aromatic carbocycles. The highest BCUT2D eigenvalue weighted by Crippen LogP contribution is 2.26. The Morgan fingerprint density at radius 3 is 2.77 bits per heavy atom. The van der Waals surface area contributed by atoms with Crippen LogP contribution in [0.5, 0.6) is 0 Å². The number of rotatable bonds is 2. The van der Waals surface area contributed by atoms with E-state index in [-0.39, 0.29) is 11.8 Å². The van der Waals surface area contributed by atoms with E-state index >= 15 is 0 Å². The van der Waals surface area contributed by atoms with E-state index in [0.717, 1.165) is 16.8 Å². The molecule has 1 aromatic heterocycles. The molecule has 2 aromatic rings. The van der Waals surface area contributed by atoms with Crippen molar-refractivity contribution < 1.29 is 19.1 Å². The zero-order valence-corrected chi connectivity index (χ0v) is 14.3. The van der Waals surface area contributed by atoms with Gasteiger partial charge in [-0.25, -0.2) is 10.2 Å². The number of oxazole rings is 1. The summed E-state index contributed by atoms with van der Waals surface area (Å²) in [4.78, 5) is 30.3. The summed E-state index contributed by atoms with van der Waals surface area (Å²) in [6.07, 6.45) is -0.492. The number of amides is 2. The summed E-state index contributed by atoms with van der Waals surface area (Å²) >= 11 is 0. The van der Waals surface area contributed by atoms with Crippen LogP contribution in [0.4, 0.5) is 10.8 Å². The molecule has 0 saturated carbocycles. The maximum Gasteiger partial charge on any atom is 0.407 e. The summed E-state index contributed by atoms with van der Waals surface area (Å²) in [5.74, 6) is -0.0440. The molecule has 3 heterocycles. The van der Waals surface area contributed by atoms with Gasteiger partial charge < -0.3 is 19.3 Å². The predicted octanol–water partition coefficient (Wildman–Crippen LogP) is 1.49. The maximum atomic E-state index is 11.4. The van der Waals surface area contributed by atoms with Crippen molar-refractivity contribution in [1.82, 2.24) is 15.3 Å². The molecule has 2 amide bonds. The standard InChI is InChI=1S/C17H19N5O4/c1-10-8-14(23)19-20-15(10)11-2-3-12-13(9-11)26-16(18-12)21-4-6-22(7-5-21)17(24)25/h2-3,9-10H,4-8H2,1H3,(H,19,23)(H,24,25). The number of carbonyl (C=O) groups is 2. The molecule has 0 spiro atoms. The first-order valence-electron chi connectivity index (χ1n) is 8.51. The Hall–Kier alpha value is -3.10. The summed E-state index contributed by atoms with van der Waals surface area (Å²) in [6.45, 7) is 3.90. The second-order valence-corrected chi connectivity index (χ2v) is 6.57. The number of hydrazone groups is 1. The number of fused-ring (bicyclic) bond motifs is 1. The van der Waals surface area contributed by atoms with E-state index in [4.69, 9.17) is 9.52 Å². The van der Waals surface area contributed by atoms with Crippen molar-refractivity contribution >= 4 is 34.8 Å². The zero-order chi connectivity index (χ0) is 18.3. The Morgan fingerprint density at radius 1 is 1.31 bits per heavy atom. The number of carbonyl (C=O) groups excluding carboxylic acids is 1. The van der Waals surface area contributed by atoms with Gasteiger partial charge in [0.2, 0.25) is 5.91 Å². The molecule has 1 unspecified atom stereocenters. The SMILES string of the molecule is CC1CC(=O)NN=C1c1ccc2nc(N3CCN(C(=O)O)CC3)oc2c1. The van der Waals surface area contributed by atoms with Crippen molar-refractivity contribution in [3.8, 4) is 0 Å². The third kappa shape index (κ3) is 2.96. The fourth-order valence-electron chi connectivity index (χ4n) is 3.30. The molecule has 4 rings (SSSR count). The molecule has 136 valence electrons. The lowest BCUT2D eigenvalue weighted by molar-refractivity contribution is -0.121. The van der Waals surface area contributed by atoms with Gasteiger partial charge in [0.15, 0.2) is 5.58 Å². The summed E-state index contributed by atoms with van der Waals surface area (Å²) in [5, 5.41) is 13.2. The third-order valence-electron chi connectivity index (χ3n) is 4.75. The minimum atomic E-state index is -0.902. The molecule has 0 radical (unpaired) electrons. The molecule has 1 atom stereocenters. The fraction of sp³-hybridized carbons (Fsp3) is 0.412. The van der Waals surface area contributed by atoms with E-state index in [1.54, 1.807) is 0 Å². The van der Waals surface area contributed by atoms with Crippen LogP contribution in [0.3, 0.4) is 0 Å². The van der Waals surface area contributed by atoms with E-state index in [1.165, 1.54) is 4.90 Å². The molecular weight excluding hydrogens is 338 g/mol. The molecular formula is C17H19N5O4. The van der Waals surface area contributed by atoms with Crippen molar-refractivity contribution in [2.24, 2.45) is 11.0 Å². The lowest BCUT2D eigenvalue weighted by Crippen LogP contribution is -2.48. The van der Waals surface area contributed by atoms with E-state index in [2.05, 4.69) is 15.5 Å². The number of hydrogen-bond donors (Lipinski definition) is 2. The first-order chi connectivity index (χ1) is 12.5. The van der Waals surface area contributed by atoms with Crippen LogP contribution in [0, 0.1) is 5.92 Å². The maximum absolute atomic E-state index is 11.4. The number of anilines is 1. The Morgan fingerprint density at radius 2 is 2.08 bits per heavy atom. The molecule has 2 aliphatic rings. The molecule has 9 nitrogen and oxygen atoms in total. The smallest absolute Gasteiger partial charge is 0.407 e. The summed E-state index contributed by atoms with van der Waals surface area (Å²) in [6, 6.07) is 6.17. The third-order valence-corrected chi connectivity index (χ3v) is 4.75. The molecule has 1 saturated heterocycles. The average Bonchev–Trinajstić information content (AvgIpc) is 3.05. The van der Waals surface area contributed by atoms with Gasteiger partial charge >= 0.3 is 6.09 Å². The Labute approximate surface area is 149 Å². The van der Waals surface area contributed by atoms with Crippen molar-refractivity contribution in [2.45, 2.75) is 13.3 Å². The van der Waals surface area contributed by atoms with Crippen LogP contribution in [0.1, 0.15) is 18.9 Å². The van der Waals surface area contributed by atoms with E-state index in [0.29, 0.717) is 44.2 Å². The van der Waals surface area contributed by atoms with Crippen LogP contribution in [0.15, 0.2) is 27.7 Å². The van der Waals surface area contributed by atoms with Crippen LogP contribution in [0.25, 0.3) is 11.1 Å². The second-order valence-electron chi connectivity index (χ2n) is 6.57. The number of hydrogen-bond acceptors (Lipinski definition) is 6. The highest BCUT2D eigenvalue weighted by molar-refractivity contribution is 6.07. The van der Waals surface area contributed by atoms with Gasteiger partial charge in [0, 0.05) is 44.1 Å². The van der Waals surface area contributed by atoms with Crippen LogP contribution >= 0.6 is 0 Å². The Kier molecular flexibility index (Phi) is 3.98. The van der Waals surface area contributed by atoms with Gasteiger partial charge in [-0.15, -0.1) is 0 Å².